The second-order valence-electron chi connectivity index (χ2n) is 0.385. The molecule has 15 heteroatoms. The molecule has 0 N–H and O–H groups in total. The Morgan fingerprint density at radius 2 is 0.667 bits per heavy atom. The Morgan fingerprint density at radius 1 is 0.667 bits per heavy atom. The van der Waals surface area contributed by atoms with Gasteiger partial charge in [0.05, 0.1) is 0 Å². The van der Waals surface area contributed by atoms with E-state index in [9.17, 15) is 0 Å². The molecule has 0 aliphatic heterocycles. The topological polar surface area (TPSA) is 161 Å². The molecule has 0 spiro atoms. The Morgan fingerprint density at radius 3 is 0.667 bits per heavy atom. The van der Waals surface area contributed by atoms with Gasteiger partial charge in [-0.15, -0.1) is 0 Å². The molecule has 0 aromatic rings. The molecule has 15 heavy (non-hydrogen) atoms. The molecule has 8 nitrogen and oxygen atoms in total. The normalized spacial score (nSPS) is 2.13. The van der Waals surface area contributed by atoms with Gasteiger partial charge in [0.15, 0.2) is 0 Å². The van der Waals surface area contributed by atoms with E-state index >= 15 is 0 Å². The van der Waals surface area contributed by atoms with Crippen LogP contribution in [0.2, 0.25) is 0 Å². The van der Waals surface area contributed by atoms with Crippen LogP contribution in [0, 0.1) is 0 Å². The average Bonchev–Trinajstić information content (AvgIpc) is 1.92. The van der Waals surface area contributed by atoms with Gasteiger partial charge in [0.25, 0.3) is 0 Å². The first-order chi connectivity index (χ1) is 5.66. The van der Waals surface area contributed by atoms with Crippen LogP contribution in [0.3, 0.4) is 0 Å². The molecule has 0 atom stereocenters. The van der Waals surface area contributed by atoms with Crippen molar-refractivity contribution in [1.29, 1.82) is 0 Å². The van der Waals surface area contributed by atoms with Gasteiger partial charge in [-0.25, -0.2) is 0 Å². The summed E-state index contributed by atoms with van der Waals surface area (Å²) < 4.78 is 67.7. The van der Waals surface area contributed by atoms with Gasteiger partial charge in [-0.1, -0.05) is 0 Å². The summed E-state index contributed by atoms with van der Waals surface area (Å²) in [5.74, 6) is 0. The second-order valence-corrected chi connectivity index (χ2v) is 1.15. The molecular formula is HAl4CoLiNiO8. The zero-order chi connectivity index (χ0) is 10.8. The van der Waals surface area contributed by atoms with E-state index in [0.29, 0.717) is 0 Å². The van der Waals surface area contributed by atoms with Gasteiger partial charge in [0.1, 0.15) is 0 Å². The summed E-state index contributed by atoms with van der Waals surface area (Å²) >= 11 is -7.00. The molecule has 1 radical (unpaired) electrons. The molecule has 0 rings (SSSR count). The second kappa shape index (κ2) is 98.3. The van der Waals surface area contributed by atoms with Crippen molar-refractivity contribution in [2.45, 2.75) is 0 Å². The fourth-order valence-electron chi connectivity index (χ4n) is 0. The molecule has 81 valence electrons. The van der Waals surface area contributed by atoms with E-state index in [1.807, 2.05) is 0 Å². The van der Waals surface area contributed by atoms with Crippen LogP contribution in [0.5, 0.6) is 0 Å². The van der Waals surface area contributed by atoms with Crippen molar-refractivity contribution < 1.29 is 85.4 Å². The first kappa shape index (κ1) is 43.4. The van der Waals surface area contributed by atoms with Crippen LogP contribution in [0.4, 0.5) is 0 Å². The molecule has 0 unspecified atom stereocenters. The van der Waals surface area contributed by atoms with Crippen molar-refractivity contribution >= 4 is 61.9 Å². The first-order valence-electron chi connectivity index (χ1n) is 1.89. The van der Waals surface area contributed by atoms with E-state index in [1.54, 1.807) is 0 Å². The van der Waals surface area contributed by atoms with Gasteiger partial charge in [0, 0.05) is 0 Å². The van der Waals surface area contributed by atoms with Crippen molar-refractivity contribution in [3.8, 4) is 0 Å². The Bertz CT molecular complexity index is 86.0. The van der Waals surface area contributed by atoms with Crippen LogP contribution >= 0.6 is 0 Å². The third-order valence-corrected chi connectivity index (χ3v) is 0. The molecule has 0 saturated heterocycles. The van der Waals surface area contributed by atoms with Gasteiger partial charge in [-0.2, -0.15) is 0 Å². The number of hydrogen-bond donors (Lipinski definition) is 0. The van der Waals surface area contributed by atoms with Crippen molar-refractivity contribution in [2.75, 3.05) is 0 Å². The van der Waals surface area contributed by atoms with Gasteiger partial charge in [0.2, 0.25) is 0 Å². The van der Waals surface area contributed by atoms with Crippen molar-refractivity contribution in [3.05, 3.63) is 0 Å². The standard InChI is InChI=1S/4Al.Co.Li.Ni.8O.H/q;;;;+2;+1;+2;;;;;5*-1. The summed E-state index contributed by atoms with van der Waals surface area (Å²) in [6.07, 6.45) is 0. The van der Waals surface area contributed by atoms with Crippen LogP contribution in [0.25, 0.3) is 0 Å². The Kier molecular flexibility index (Phi) is 285. The molecule has 0 aliphatic carbocycles. The summed E-state index contributed by atoms with van der Waals surface area (Å²) in [7, 11) is 0. The molecule has 0 saturated carbocycles. The number of rotatable bonds is 0. The summed E-state index contributed by atoms with van der Waals surface area (Å²) in [6.45, 7) is 0. The zero-order valence-corrected chi connectivity index (χ0v) is 13.9. The molecule has 0 aromatic heterocycles. The molecule has 0 bridgehead atoms. The monoisotopic (exact) mass is 361 g/mol. The van der Waals surface area contributed by atoms with E-state index in [1.165, 1.54) is 0 Å². The van der Waals surface area contributed by atoms with Crippen molar-refractivity contribution in [2.24, 2.45) is 0 Å². The summed E-state index contributed by atoms with van der Waals surface area (Å²) in [4.78, 5) is 0. The van der Waals surface area contributed by atoms with Crippen LogP contribution in [-0.2, 0) is 48.5 Å². The van der Waals surface area contributed by atoms with Gasteiger partial charge in [-0.3, -0.25) is 0 Å². The summed E-state index contributed by atoms with van der Waals surface area (Å²) in [6, 6.07) is 0. The average molecular weight is 361 g/mol. The van der Waals surface area contributed by atoms with Gasteiger partial charge >= 0.3 is 146 Å². The quantitative estimate of drug-likeness (QED) is 0.384. The van der Waals surface area contributed by atoms with E-state index in [4.69, 9.17) is 31.8 Å². The third-order valence-electron chi connectivity index (χ3n) is 0. The van der Waals surface area contributed by atoms with Gasteiger partial charge in [-0.05, 0) is 0 Å². The van der Waals surface area contributed by atoms with E-state index < -0.39 is 61.9 Å². The maximum atomic E-state index is 8.46. The Labute approximate surface area is 145 Å². The van der Waals surface area contributed by atoms with E-state index in [-0.39, 0.29) is 53.6 Å². The maximum absolute atomic E-state index is 8.46. The van der Waals surface area contributed by atoms with Crippen LogP contribution in [-0.4, -0.2) is 61.9 Å². The van der Waals surface area contributed by atoms with Crippen molar-refractivity contribution in [3.63, 3.8) is 0 Å². The summed E-state index contributed by atoms with van der Waals surface area (Å²) in [5, 5.41) is 0. The molecule has 0 aliphatic rings. The van der Waals surface area contributed by atoms with E-state index in [2.05, 4.69) is 0 Å². The minimum atomic E-state index is -1.75. The summed E-state index contributed by atoms with van der Waals surface area (Å²) in [5.41, 5.74) is 0. The SMILES string of the molecule is [Co+2].[H-].[Li+].[Ni+2].[O]=[Al][O-].[O]=[Al][O-].[O]=[Al][O-].[O]=[Al][O-]. The molecule has 0 fully saturated rings. The Hall–Kier alpha value is 2.13. The van der Waals surface area contributed by atoms with E-state index in [0.717, 1.165) is 0 Å². The number of hydrogen-bond acceptors (Lipinski definition) is 8. The third kappa shape index (κ3) is 711. The molecule has 0 heterocycles. The molecule has 0 amide bonds. The molecular weight excluding hydrogens is 360 g/mol. The van der Waals surface area contributed by atoms with Crippen molar-refractivity contribution in [1.82, 2.24) is 0 Å². The van der Waals surface area contributed by atoms with Gasteiger partial charge < -0.3 is 1.43 Å². The van der Waals surface area contributed by atoms with Crippen LogP contribution in [0.15, 0.2) is 0 Å². The minimum absolute atomic E-state index is 0. The fourth-order valence-corrected chi connectivity index (χ4v) is 0. The Balaban J connectivity index is -0.00000000821. The van der Waals surface area contributed by atoms with Crippen LogP contribution < -0.4 is 35.5 Å². The predicted molar refractivity (Wildman–Crippen MR) is 26.9 cm³/mol. The first-order valence-corrected chi connectivity index (χ1v) is 5.66. The predicted octanol–water partition coefficient (Wildman–Crippen LogP) is -9.64. The molecule has 0 aromatic carbocycles. The zero-order valence-electron chi connectivity index (χ0n) is 8.22. The fraction of sp³-hybridized carbons (Fsp3) is 0. The van der Waals surface area contributed by atoms with Crippen LogP contribution in [0.1, 0.15) is 1.43 Å².